The van der Waals surface area contributed by atoms with Gasteiger partial charge in [0, 0.05) is 0 Å². The summed E-state index contributed by atoms with van der Waals surface area (Å²) in [5, 5.41) is 0. The Morgan fingerprint density at radius 3 is 2.19 bits per heavy atom. The number of oxazole rings is 1. The van der Waals surface area contributed by atoms with Crippen LogP contribution in [0.2, 0.25) is 0 Å². The Labute approximate surface area is 121 Å². The fraction of sp³-hybridized carbons (Fsp3) is 0.364. The predicted molar refractivity (Wildman–Crippen MR) is 64.1 cm³/mol. The first-order valence-corrected chi connectivity index (χ1v) is 6.32. The number of alkyl halides is 7. The number of fused-ring (bicyclic) bond motifs is 1. The van der Waals surface area contributed by atoms with Crippen molar-refractivity contribution in [1.82, 2.24) is 4.98 Å². The van der Waals surface area contributed by atoms with E-state index in [4.69, 9.17) is 0 Å². The summed E-state index contributed by atoms with van der Waals surface area (Å²) in [5.41, 5.74) is -0.242. The van der Waals surface area contributed by atoms with E-state index in [0.29, 0.717) is 0 Å². The number of hydrogen-bond acceptors (Lipinski definition) is 2. The van der Waals surface area contributed by atoms with Crippen molar-refractivity contribution in [2.24, 2.45) is 5.92 Å². The van der Waals surface area contributed by atoms with Crippen LogP contribution in [0.1, 0.15) is 10.4 Å². The van der Waals surface area contributed by atoms with Crippen LogP contribution in [-0.4, -0.2) is 17.3 Å². The van der Waals surface area contributed by atoms with E-state index in [-0.39, 0.29) is 16.7 Å². The van der Waals surface area contributed by atoms with Crippen molar-refractivity contribution in [2.75, 3.05) is 0 Å². The number of hydrogen-bond donors (Lipinski definition) is 1. The van der Waals surface area contributed by atoms with Crippen LogP contribution in [0.5, 0.6) is 0 Å². The molecule has 1 aromatic carbocycles. The maximum Gasteiger partial charge on any atom is 0.417 e. The highest BCUT2D eigenvalue weighted by molar-refractivity contribution is 9.09. The van der Waals surface area contributed by atoms with Crippen LogP contribution in [0.15, 0.2) is 27.4 Å². The van der Waals surface area contributed by atoms with Crippen molar-refractivity contribution in [3.8, 4) is 0 Å². The van der Waals surface area contributed by atoms with E-state index in [1.54, 1.807) is 0 Å². The smallest absolute Gasteiger partial charge is 0.408 e. The quantitative estimate of drug-likeness (QED) is 0.626. The van der Waals surface area contributed by atoms with Gasteiger partial charge in [-0.15, -0.1) is 0 Å². The molecule has 1 aromatic heterocycles. The van der Waals surface area contributed by atoms with Gasteiger partial charge in [-0.05, 0) is 17.7 Å². The lowest BCUT2D eigenvalue weighted by atomic mass is 9.97. The molecule has 0 saturated heterocycles. The molecule has 0 aliphatic rings. The fourth-order valence-electron chi connectivity index (χ4n) is 1.84. The molecule has 10 heteroatoms. The fourth-order valence-corrected chi connectivity index (χ4v) is 2.73. The Balaban J connectivity index is 2.47. The van der Waals surface area contributed by atoms with Crippen LogP contribution < -0.4 is 5.76 Å². The second-order valence-corrected chi connectivity index (χ2v) is 5.22. The summed E-state index contributed by atoms with van der Waals surface area (Å²) in [5.74, 6) is -4.43. The largest absolute Gasteiger partial charge is 0.417 e. The Hall–Kier alpha value is -1.45. The topological polar surface area (TPSA) is 46.0 Å². The lowest BCUT2D eigenvalue weighted by Crippen LogP contribution is -2.39. The van der Waals surface area contributed by atoms with Gasteiger partial charge in [0.2, 0.25) is 0 Å². The third-order valence-electron chi connectivity index (χ3n) is 2.76. The molecule has 1 atom stereocenters. The first kappa shape index (κ1) is 15.9. The van der Waals surface area contributed by atoms with Crippen molar-refractivity contribution < 1.29 is 30.8 Å². The summed E-state index contributed by atoms with van der Waals surface area (Å²) in [7, 11) is 0. The summed E-state index contributed by atoms with van der Waals surface area (Å²) >= 11 is 2.45. The number of rotatable bonds is 2. The lowest BCUT2D eigenvalue weighted by molar-refractivity contribution is -0.283. The van der Waals surface area contributed by atoms with Gasteiger partial charge in [0.25, 0.3) is 0 Å². The predicted octanol–water partition coefficient (Wildman–Crippen LogP) is 4.30. The second kappa shape index (κ2) is 5.08. The number of halogens is 7. The zero-order valence-corrected chi connectivity index (χ0v) is 11.4. The Morgan fingerprint density at radius 1 is 1.10 bits per heavy atom. The van der Waals surface area contributed by atoms with E-state index in [1.807, 2.05) is 0 Å². The van der Waals surface area contributed by atoms with Crippen LogP contribution in [-0.2, 0) is 0 Å². The van der Waals surface area contributed by atoms with Crippen LogP contribution in [0.25, 0.3) is 11.1 Å². The van der Waals surface area contributed by atoms with Gasteiger partial charge in [0.05, 0.1) is 10.3 Å². The molecule has 0 fully saturated rings. The number of aromatic nitrogens is 1. The van der Waals surface area contributed by atoms with E-state index in [9.17, 15) is 31.1 Å². The molecule has 0 aliphatic carbocycles. The highest BCUT2D eigenvalue weighted by Crippen LogP contribution is 2.50. The molecule has 0 amide bonds. The summed E-state index contributed by atoms with van der Waals surface area (Å²) < 4.78 is 80.5. The molecule has 3 nitrogen and oxygen atoms in total. The highest BCUT2D eigenvalue weighted by Gasteiger charge is 2.60. The molecule has 0 aliphatic heterocycles. The third kappa shape index (κ3) is 3.25. The van der Waals surface area contributed by atoms with Gasteiger partial charge >= 0.3 is 18.1 Å². The van der Waals surface area contributed by atoms with Gasteiger partial charge < -0.3 is 4.42 Å². The van der Waals surface area contributed by atoms with Crippen LogP contribution in [0.3, 0.4) is 0 Å². The minimum Gasteiger partial charge on any atom is -0.408 e. The number of aromatic amines is 1. The van der Waals surface area contributed by atoms with Gasteiger partial charge in [-0.3, -0.25) is 4.98 Å². The lowest BCUT2D eigenvalue weighted by Gasteiger charge is -2.27. The molecule has 116 valence electrons. The molecule has 2 aromatic rings. The van der Waals surface area contributed by atoms with Crippen LogP contribution >= 0.6 is 15.9 Å². The standard InChI is InChI=1S/C11H6BrF6NO2/c12-7(8(10(13,14)15)11(16,17)18)4-1-2-5-6(3-4)21-9(20)19-5/h1-3,7-8H,(H,19,20). The molecular weight excluding hydrogens is 372 g/mol. The van der Waals surface area contributed by atoms with Crippen LogP contribution in [0, 0.1) is 5.92 Å². The van der Waals surface area contributed by atoms with Gasteiger partial charge in [-0.2, -0.15) is 26.3 Å². The molecule has 0 saturated carbocycles. The first-order valence-electron chi connectivity index (χ1n) is 5.40. The Bertz CT molecular complexity index is 687. The summed E-state index contributed by atoms with van der Waals surface area (Å²) in [6.07, 6.45) is -10.9. The molecule has 0 spiro atoms. The van der Waals surface area contributed by atoms with Gasteiger partial charge in [-0.1, -0.05) is 22.0 Å². The Morgan fingerprint density at radius 2 is 1.67 bits per heavy atom. The van der Waals surface area contributed by atoms with Gasteiger partial charge in [0.1, 0.15) is 0 Å². The molecule has 0 radical (unpaired) electrons. The third-order valence-corrected chi connectivity index (χ3v) is 3.82. The molecule has 1 heterocycles. The monoisotopic (exact) mass is 377 g/mol. The molecule has 1 unspecified atom stereocenters. The maximum absolute atomic E-state index is 12.6. The van der Waals surface area contributed by atoms with Crippen molar-refractivity contribution in [1.29, 1.82) is 0 Å². The summed E-state index contributed by atoms with van der Waals surface area (Å²) in [6, 6.07) is 3.18. The molecule has 1 N–H and O–H groups in total. The molecule has 0 bridgehead atoms. The highest BCUT2D eigenvalue weighted by atomic mass is 79.9. The Kier molecular flexibility index (Phi) is 3.85. The zero-order valence-electron chi connectivity index (χ0n) is 9.85. The van der Waals surface area contributed by atoms with E-state index in [2.05, 4.69) is 25.3 Å². The molecule has 21 heavy (non-hydrogen) atoms. The minimum atomic E-state index is -5.47. The van der Waals surface area contributed by atoms with E-state index < -0.39 is 28.9 Å². The molecule has 2 rings (SSSR count). The molecular formula is C11H6BrF6NO2. The summed E-state index contributed by atoms with van der Waals surface area (Å²) in [6.45, 7) is 0. The summed E-state index contributed by atoms with van der Waals surface area (Å²) in [4.78, 5) is 11.1. The van der Waals surface area contributed by atoms with Gasteiger partial charge in [-0.25, -0.2) is 4.79 Å². The van der Waals surface area contributed by atoms with E-state index in [1.165, 1.54) is 6.07 Å². The van der Waals surface area contributed by atoms with Crippen molar-refractivity contribution in [2.45, 2.75) is 17.2 Å². The average molecular weight is 378 g/mol. The zero-order chi connectivity index (χ0) is 16.0. The second-order valence-electron chi connectivity index (χ2n) is 4.23. The maximum atomic E-state index is 12.6. The van der Waals surface area contributed by atoms with Crippen molar-refractivity contribution >= 4 is 27.0 Å². The minimum absolute atomic E-state index is 0.120. The first-order chi connectivity index (χ1) is 9.50. The number of nitrogens with one attached hydrogen (secondary N) is 1. The normalized spacial score (nSPS) is 14.9. The number of H-pyrrole nitrogens is 1. The SMILES string of the molecule is O=c1[nH]c2ccc(C(Br)C(C(F)(F)F)C(F)(F)F)cc2o1. The average Bonchev–Trinajstić information content (AvgIpc) is 2.63. The van der Waals surface area contributed by atoms with Crippen molar-refractivity contribution in [3.63, 3.8) is 0 Å². The van der Waals surface area contributed by atoms with Crippen molar-refractivity contribution in [3.05, 3.63) is 34.3 Å². The number of benzene rings is 1. The van der Waals surface area contributed by atoms with Gasteiger partial charge in [0.15, 0.2) is 11.5 Å². The van der Waals surface area contributed by atoms with E-state index >= 15 is 0 Å². The van der Waals surface area contributed by atoms with Crippen LogP contribution in [0.4, 0.5) is 26.3 Å². The van der Waals surface area contributed by atoms with E-state index in [0.717, 1.165) is 12.1 Å².